The Hall–Kier alpha value is -0.273. The van der Waals surface area contributed by atoms with E-state index in [1.807, 2.05) is 0 Å². The fourth-order valence-electron chi connectivity index (χ4n) is 1.32. The van der Waals surface area contributed by atoms with Crippen LogP contribution in [0, 0.1) is 6.92 Å². The van der Waals surface area contributed by atoms with Gasteiger partial charge in [0.15, 0.2) is 0 Å². The Morgan fingerprint density at radius 2 is 2.09 bits per heavy atom. The number of hydrogen-bond acceptors (Lipinski definition) is 0. The minimum Gasteiger partial charge on any atom is -0.126 e. The molecule has 0 N–H and O–H groups in total. The van der Waals surface area contributed by atoms with Crippen LogP contribution < -0.4 is 5.19 Å². The minimum atomic E-state index is 0.727. The molecule has 0 saturated heterocycles. The Kier molecular flexibility index (Phi) is 3.15. The van der Waals surface area contributed by atoms with Crippen LogP contribution in [-0.4, -0.2) is 16.1 Å². The number of aryl methyl sites for hydroxylation is 2. The lowest BCUT2D eigenvalue weighted by molar-refractivity contribution is 1.14. The van der Waals surface area contributed by atoms with Crippen molar-refractivity contribution in [3.63, 3.8) is 0 Å². The molecule has 60 valence electrons. The number of halogens is 1. The van der Waals surface area contributed by atoms with E-state index >= 15 is 0 Å². The van der Waals surface area contributed by atoms with E-state index in [-0.39, 0.29) is 0 Å². The molecular weight excluding hydrogens is 172 g/mol. The molecule has 0 spiro atoms. The van der Waals surface area contributed by atoms with Gasteiger partial charge in [0.05, 0.1) is 0 Å². The molecule has 0 radical (unpaired) electrons. The second kappa shape index (κ2) is 3.93. The van der Waals surface area contributed by atoms with Crippen LogP contribution in [-0.2, 0) is 6.42 Å². The van der Waals surface area contributed by atoms with E-state index in [4.69, 9.17) is 11.6 Å². The zero-order valence-electron chi connectivity index (χ0n) is 7.02. The van der Waals surface area contributed by atoms with Gasteiger partial charge in [0, 0.05) is 16.1 Å². The average Bonchev–Trinajstić information content (AvgIpc) is 1.85. The van der Waals surface area contributed by atoms with Gasteiger partial charge >= 0.3 is 0 Å². The SMILES string of the molecule is Cc1cc([SiH3])cc(CCCl)c1. The third-order valence-electron chi connectivity index (χ3n) is 1.66. The maximum Gasteiger partial charge on any atom is 0.0385 e. The topological polar surface area (TPSA) is 0 Å². The number of benzene rings is 1. The molecule has 0 aliphatic heterocycles. The van der Waals surface area contributed by atoms with Crippen LogP contribution in [0.4, 0.5) is 0 Å². The van der Waals surface area contributed by atoms with Crippen molar-refractivity contribution in [2.75, 3.05) is 5.88 Å². The predicted octanol–water partition coefficient (Wildman–Crippen LogP) is 0.767. The van der Waals surface area contributed by atoms with Gasteiger partial charge < -0.3 is 0 Å². The molecular formula is C9H13ClSi. The third kappa shape index (κ3) is 2.68. The average molecular weight is 185 g/mol. The maximum atomic E-state index is 5.65. The van der Waals surface area contributed by atoms with Gasteiger partial charge in [-0.15, -0.1) is 11.6 Å². The lowest BCUT2D eigenvalue weighted by atomic mass is 10.1. The van der Waals surface area contributed by atoms with Gasteiger partial charge in [-0.05, 0) is 18.9 Å². The van der Waals surface area contributed by atoms with Crippen molar-refractivity contribution in [1.29, 1.82) is 0 Å². The number of alkyl halides is 1. The molecule has 0 aliphatic carbocycles. The van der Waals surface area contributed by atoms with Crippen molar-refractivity contribution in [2.45, 2.75) is 13.3 Å². The summed E-state index contributed by atoms with van der Waals surface area (Å²) < 4.78 is 0. The lowest BCUT2D eigenvalue weighted by Gasteiger charge is -2.01. The maximum absolute atomic E-state index is 5.65. The van der Waals surface area contributed by atoms with Crippen LogP contribution >= 0.6 is 11.6 Å². The summed E-state index contributed by atoms with van der Waals surface area (Å²) in [5.74, 6) is 0.727. The second-order valence-electron chi connectivity index (χ2n) is 2.93. The van der Waals surface area contributed by atoms with Gasteiger partial charge in [0.2, 0.25) is 0 Å². The molecule has 0 bridgehead atoms. The summed E-state index contributed by atoms with van der Waals surface area (Å²) in [5, 5.41) is 1.46. The fraction of sp³-hybridized carbons (Fsp3) is 0.333. The Morgan fingerprint density at radius 3 is 2.64 bits per heavy atom. The molecule has 2 heteroatoms. The zero-order chi connectivity index (χ0) is 8.27. The predicted molar refractivity (Wildman–Crippen MR) is 55.2 cm³/mol. The van der Waals surface area contributed by atoms with Gasteiger partial charge in [-0.1, -0.05) is 28.9 Å². The fourth-order valence-corrected chi connectivity index (χ4v) is 2.37. The van der Waals surface area contributed by atoms with Crippen LogP contribution in [0.1, 0.15) is 11.1 Å². The molecule has 1 aromatic carbocycles. The monoisotopic (exact) mass is 184 g/mol. The summed E-state index contributed by atoms with van der Waals surface area (Å²) in [6.07, 6.45) is 0.998. The van der Waals surface area contributed by atoms with Crippen LogP contribution in [0.15, 0.2) is 18.2 Å². The molecule has 0 saturated carbocycles. The van der Waals surface area contributed by atoms with Crippen LogP contribution in [0.5, 0.6) is 0 Å². The molecule has 1 rings (SSSR count). The van der Waals surface area contributed by atoms with E-state index in [1.54, 1.807) is 0 Å². The Balaban J connectivity index is 2.89. The van der Waals surface area contributed by atoms with E-state index in [0.717, 1.165) is 22.5 Å². The Morgan fingerprint density at radius 1 is 1.36 bits per heavy atom. The highest BCUT2D eigenvalue weighted by molar-refractivity contribution is 6.32. The highest BCUT2D eigenvalue weighted by Crippen LogP contribution is 2.03. The van der Waals surface area contributed by atoms with Crippen molar-refractivity contribution >= 4 is 27.0 Å². The van der Waals surface area contributed by atoms with Crippen molar-refractivity contribution in [2.24, 2.45) is 0 Å². The van der Waals surface area contributed by atoms with Crippen molar-refractivity contribution in [1.82, 2.24) is 0 Å². The molecule has 1 aromatic rings. The van der Waals surface area contributed by atoms with Gasteiger partial charge in [0.25, 0.3) is 0 Å². The van der Waals surface area contributed by atoms with E-state index in [2.05, 4.69) is 25.1 Å². The molecule has 0 heterocycles. The summed E-state index contributed by atoms with van der Waals surface area (Å²) in [7, 11) is 1.14. The summed E-state index contributed by atoms with van der Waals surface area (Å²) in [4.78, 5) is 0. The first-order valence-corrected chi connectivity index (χ1v) is 5.39. The van der Waals surface area contributed by atoms with E-state index in [9.17, 15) is 0 Å². The molecule has 0 aliphatic rings. The number of hydrogen-bond donors (Lipinski definition) is 0. The molecule has 0 amide bonds. The van der Waals surface area contributed by atoms with Crippen LogP contribution in [0.3, 0.4) is 0 Å². The van der Waals surface area contributed by atoms with E-state index in [1.165, 1.54) is 16.3 Å². The molecule has 0 atom stereocenters. The quantitative estimate of drug-likeness (QED) is 0.471. The minimum absolute atomic E-state index is 0.727. The summed E-state index contributed by atoms with van der Waals surface area (Å²) in [5.41, 5.74) is 2.74. The molecule has 0 fully saturated rings. The smallest absolute Gasteiger partial charge is 0.0385 e. The van der Waals surface area contributed by atoms with Crippen LogP contribution in [0.2, 0.25) is 0 Å². The summed E-state index contributed by atoms with van der Waals surface area (Å²) in [6, 6.07) is 6.70. The molecule has 0 aromatic heterocycles. The van der Waals surface area contributed by atoms with Gasteiger partial charge in [-0.25, -0.2) is 0 Å². The first-order chi connectivity index (χ1) is 5.22. The first-order valence-electron chi connectivity index (χ1n) is 3.85. The zero-order valence-corrected chi connectivity index (χ0v) is 9.78. The highest BCUT2D eigenvalue weighted by Gasteiger charge is 1.93. The first kappa shape index (κ1) is 8.82. The third-order valence-corrected chi connectivity index (χ3v) is 2.43. The normalized spacial score (nSPS) is 10.4. The van der Waals surface area contributed by atoms with Crippen molar-refractivity contribution in [3.05, 3.63) is 29.3 Å². The standard InChI is InChI=1S/C9H13ClSi/c1-7-4-8(2-3-10)6-9(11)5-7/h4-6H,2-3H2,1,11H3. The van der Waals surface area contributed by atoms with Crippen LogP contribution in [0.25, 0.3) is 0 Å². The summed E-state index contributed by atoms with van der Waals surface area (Å²) >= 11 is 5.65. The van der Waals surface area contributed by atoms with Gasteiger partial charge in [-0.2, -0.15) is 0 Å². The Bertz CT molecular complexity index is 225. The lowest BCUT2D eigenvalue weighted by Crippen LogP contribution is -2.04. The molecule has 11 heavy (non-hydrogen) atoms. The second-order valence-corrected chi connectivity index (χ2v) is 4.47. The Labute approximate surface area is 76.0 Å². The van der Waals surface area contributed by atoms with E-state index < -0.39 is 0 Å². The largest absolute Gasteiger partial charge is 0.126 e. The van der Waals surface area contributed by atoms with Crippen molar-refractivity contribution < 1.29 is 0 Å². The molecule has 0 unspecified atom stereocenters. The van der Waals surface area contributed by atoms with E-state index in [0.29, 0.717) is 0 Å². The summed E-state index contributed by atoms with van der Waals surface area (Å²) in [6.45, 7) is 2.14. The van der Waals surface area contributed by atoms with Crippen molar-refractivity contribution in [3.8, 4) is 0 Å². The van der Waals surface area contributed by atoms with Gasteiger partial charge in [-0.3, -0.25) is 0 Å². The highest BCUT2D eigenvalue weighted by atomic mass is 35.5. The van der Waals surface area contributed by atoms with Gasteiger partial charge in [0.1, 0.15) is 0 Å². The number of rotatable bonds is 2. The molecule has 0 nitrogen and oxygen atoms in total.